The molecule has 0 unspecified atom stereocenters. The molecule has 1 aromatic heterocycles. The van der Waals surface area contributed by atoms with Crippen molar-refractivity contribution in [2.24, 2.45) is 0 Å². The van der Waals surface area contributed by atoms with Crippen molar-refractivity contribution < 1.29 is 13.9 Å². The van der Waals surface area contributed by atoms with E-state index in [1.54, 1.807) is 30.3 Å². The van der Waals surface area contributed by atoms with Crippen LogP contribution in [0, 0.1) is 17.1 Å². The molecule has 5 nitrogen and oxygen atoms in total. The summed E-state index contributed by atoms with van der Waals surface area (Å²) in [5.74, 6) is -0.365. The molecule has 6 heteroatoms. The lowest BCUT2D eigenvalue weighted by atomic mass is 10.1. The van der Waals surface area contributed by atoms with Crippen molar-refractivity contribution in [1.82, 2.24) is 4.98 Å². The van der Waals surface area contributed by atoms with Crippen molar-refractivity contribution in [3.8, 4) is 6.07 Å². The minimum absolute atomic E-state index is 0.0660. The van der Waals surface area contributed by atoms with E-state index in [0.717, 1.165) is 0 Å². The first-order chi connectivity index (χ1) is 12.5. The molecule has 1 heterocycles. The van der Waals surface area contributed by atoms with Crippen LogP contribution in [0.25, 0.3) is 10.9 Å². The third-order valence-corrected chi connectivity index (χ3v) is 4.14. The molecule has 0 saturated heterocycles. The highest BCUT2D eigenvalue weighted by Gasteiger charge is 2.26. The van der Waals surface area contributed by atoms with Crippen molar-refractivity contribution in [2.45, 2.75) is 19.9 Å². The van der Waals surface area contributed by atoms with Crippen LogP contribution < -0.4 is 4.90 Å². The zero-order chi connectivity index (χ0) is 18.8. The van der Waals surface area contributed by atoms with Gasteiger partial charge in [-0.25, -0.2) is 9.18 Å². The highest BCUT2D eigenvalue weighted by Crippen LogP contribution is 2.36. The van der Waals surface area contributed by atoms with Crippen molar-refractivity contribution in [3.63, 3.8) is 0 Å². The van der Waals surface area contributed by atoms with E-state index in [4.69, 9.17) is 10.00 Å². The fourth-order valence-corrected chi connectivity index (χ4v) is 3.05. The van der Waals surface area contributed by atoms with E-state index in [-0.39, 0.29) is 11.9 Å². The van der Waals surface area contributed by atoms with Crippen molar-refractivity contribution in [3.05, 3.63) is 59.4 Å². The summed E-state index contributed by atoms with van der Waals surface area (Å²) in [6, 6.07) is 13.2. The molecular formula is C20H18FN3O2. The molecule has 0 radical (unpaired) electrons. The summed E-state index contributed by atoms with van der Waals surface area (Å²) < 4.78 is 18.7. The predicted octanol–water partition coefficient (Wildman–Crippen LogP) is 4.51. The van der Waals surface area contributed by atoms with Gasteiger partial charge in [0.2, 0.25) is 0 Å². The normalized spacial score (nSPS) is 10.8. The zero-order valence-electron chi connectivity index (χ0n) is 14.7. The minimum atomic E-state index is -0.502. The van der Waals surface area contributed by atoms with E-state index >= 15 is 0 Å². The topological polar surface area (TPSA) is 69.1 Å². The van der Waals surface area contributed by atoms with Gasteiger partial charge in [-0.3, -0.25) is 0 Å². The predicted molar refractivity (Wildman–Crippen MR) is 98.0 cm³/mol. The van der Waals surface area contributed by atoms with Gasteiger partial charge in [-0.05, 0) is 44.2 Å². The fraction of sp³-hybridized carbons (Fsp3) is 0.200. The summed E-state index contributed by atoms with van der Waals surface area (Å²) in [6.07, 6.45) is 0. The molecule has 0 amide bonds. The van der Waals surface area contributed by atoms with Gasteiger partial charge in [-0.15, -0.1) is 0 Å². The van der Waals surface area contributed by atoms with Crippen LogP contribution in [0.15, 0.2) is 42.5 Å². The van der Waals surface area contributed by atoms with Gasteiger partial charge in [0.1, 0.15) is 17.2 Å². The maximum Gasteiger partial charge on any atom is 0.342 e. The number of esters is 1. The Morgan fingerprint density at radius 1 is 1.27 bits per heavy atom. The molecule has 3 rings (SSSR count). The Bertz CT molecular complexity index is 1020. The maximum atomic E-state index is 13.8. The van der Waals surface area contributed by atoms with Crippen LogP contribution in [-0.4, -0.2) is 24.1 Å². The lowest BCUT2D eigenvalue weighted by Gasteiger charge is -2.28. The number of anilines is 2. The molecule has 0 aliphatic carbocycles. The Morgan fingerprint density at radius 3 is 2.65 bits per heavy atom. The molecule has 26 heavy (non-hydrogen) atoms. The van der Waals surface area contributed by atoms with Gasteiger partial charge >= 0.3 is 5.97 Å². The Kier molecular flexibility index (Phi) is 4.63. The summed E-state index contributed by atoms with van der Waals surface area (Å²) in [5, 5.41) is 9.77. The number of H-pyrrole nitrogens is 1. The molecule has 3 aromatic rings. The molecule has 0 aliphatic heterocycles. The molecule has 1 N–H and O–H groups in total. The Morgan fingerprint density at radius 2 is 2.04 bits per heavy atom. The third kappa shape index (κ3) is 3.00. The fourth-order valence-electron chi connectivity index (χ4n) is 3.05. The van der Waals surface area contributed by atoms with E-state index in [2.05, 4.69) is 11.1 Å². The number of nitriles is 1. The second kappa shape index (κ2) is 6.89. The Labute approximate surface area is 150 Å². The SMILES string of the molecule is COC(=O)c1c(N(c2cccc(F)c2)C(C)C)[nH]c2cc(C#N)ccc12. The van der Waals surface area contributed by atoms with E-state index < -0.39 is 5.97 Å². The van der Waals surface area contributed by atoms with Gasteiger partial charge in [-0.1, -0.05) is 12.1 Å². The van der Waals surface area contributed by atoms with E-state index in [1.807, 2.05) is 18.7 Å². The van der Waals surface area contributed by atoms with Gasteiger partial charge < -0.3 is 14.6 Å². The van der Waals surface area contributed by atoms with Crippen LogP contribution in [0.5, 0.6) is 0 Å². The second-order valence-electron chi connectivity index (χ2n) is 6.16. The smallest absolute Gasteiger partial charge is 0.342 e. The largest absolute Gasteiger partial charge is 0.465 e. The van der Waals surface area contributed by atoms with Gasteiger partial charge in [-0.2, -0.15) is 5.26 Å². The Balaban J connectivity index is 2.30. The van der Waals surface area contributed by atoms with E-state index in [9.17, 15) is 9.18 Å². The van der Waals surface area contributed by atoms with Crippen LogP contribution in [0.4, 0.5) is 15.9 Å². The summed E-state index contributed by atoms with van der Waals surface area (Å²) in [6.45, 7) is 3.89. The van der Waals surface area contributed by atoms with Crippen LogP contribution >= 0.6 is 0 Å². The van der Waals surface area contributed by atoms with Gasteiger partial charge in [0.05, 0.1) is 18.7 Å². The van der Waals surface area contributed by atoms with Gasteiger partial charge in [0.25, 0.3) is 0 Å². The minimum Gasteiger partial charge on any atom is -0.465 e. The molecule has 0 atom stereocenters. The molecule has 0 saturated carbocycles. The van der Waals surface area contributed by atoms with E-state index in [1.165, 1.54) is 19.2 Å². The number of ether oxygens (including phenoxy) is 1. The summed E-state index contributed by atoms with van der Waals surface area (Å²) in [7, 11) is 1.32. The number of benzene rings is 2. The number of carbonyl (C=O) groups is 1. The summed E-state index contributed by atoms with van der Waals surface area (Å²) >= 11 is 0. The molecule has 0 bridgehead atoms. The zero-order valence-corrected chi connectivity index (χ0v) is 14.7. The monoisotopic (exact) mass is 351 g/mol. The molecular weight excluding hydrogens is 333 g/mol. The number of aromatic amines is 1. The van der Waals surface area contributed by atoms with Gasteiger partial charge in [0, 0.05) is 22.6 Å². The average molecular weight is 351 g/mol. The molecule has 2 aromatic carbocycles. The number of nitrogens with zero attached hydrogens (tertiary/aromatic N) is 2. The first kappa shape index (κ1) is 17.5. The molecule has 0 spiro atoms. The first-order valence-electron chi connectivity index (χ1n) is 8.15. The van der Waals surface area contributed by atoms with Crippen LogP contribution in [0.2, 0.25) is 0 Å². The number of halogens is 1. The molecule has 132 valence electrons. The first-order valence-corrected chi connectivity index (χ1v) is 8.15. The number of hydrogen-bond acceptors (Lipinski definition) is 4. The van der Waals surface area contributed by atoms with Crippen LogP contribution in [-0.2, 0) is 4.74 Å². The maximum absolute atomic E-state index is 13.8. The summed E-state index contributed by atoms with van der Waals surface area (Å²) in [4.78, 5) is 17.5. The number of aromatic nitrogens is 1. The third-order valence-electron chi connectivity index (χ3n) is 4.14. The second-order valence-corrected chi connectivity index (χ2v) is 6.16. The van der Waals surface area contributed by atoms with Crippen LogP contribution in [0.3, 0.4) is 0 Å². The number of carbonyl (C=O) groups excluding carboxylic acids is 1. The number of nitrogens with one attached hydrogen (secondary N) is 1. The number of hydrogen-bond donors (Lipinski definition) is 1. The van der Waals surface area contributed by atoms with Crippen molar-refractivity contribution >= 4 is 28.4 Å². The lowest BCUT2D eigenvalue weighted by molar-refractivity contribution is 0.0604. The summed E-state index contributed by atoms with van der Waals surface area (Å²) in [5.41, 5.74) is 2.08. The molecule has 0 fully saturated rings. The van der Waals surface area contributed by atoms with Crippen LogP contribution in [0.1, 0.15) is 29.8 Å². The Hall–Kier alpha value is -3.33. The molecule has 0 aliphatic rings. The highest BCUT2D eigenvalue weighted by molar-refractivity contribution is 6.10. The van der Waals surface area contributed by atoms with Crippen molar-refractivity contribution in [1.29, 1.82) is 5.26 Å². The van der Waals surface area contributed by atoms with E-state index in [0.29, 0.717) is 33.5 Å². The standard InChI is InChI=1S/C20H18FN3O2/c1-12(2)24(15-6-4-5-14(21)10-15)19-18(20(25)26-3)16-8-7-13(11-22)9-17(16)23-19/h4-10,12,23H,1-3H3. The highest BCUT2D eigenvalue weighted by atomic mass is 19.1. The quantitative estimate of drug-likeness (QED) is 0.702. The van der Waals surface area contributed by atoms with Gasteiger partial charge in [0.15, 0.2) is 0 Å². The van der Waals surface area contributed by atoms with Crippen molar-refractivity contribution in [2.75, 3.05) is 12.0 Å². The lowest BCUT2D eigenvalue weighted by Crippen LogP contribution is -2.27. The number of methoxy groups -OCH3 is 1. The number of fused-ring (bicyclic) bond motifs is 1. The number of rotatable bonds is 4. The average Bonchev–Trinajstić information content (AvgIpc) is 2.98.